The van der Waals surface area contributed by atoms with Gasteiger partial charge in [-0.1, -0.05) is 6.92 Å². The van der Waals surface area contributed by atoms with E-state index in [0.717, 1.165) is 31.8 Å². The van der Waals surface area contributed by atoms with Crippen LogP contribution in [0.2, 0.25) is 0 Å². The second-order valence-electron chi connectivity index (χ2n) is 4.90. The zero-order chi connectivity index (χ0) is 14.4. The van der Waals surface area contributed by atoms with Gasteiger partial charge in [-0.2, -0.15) is 0 Å². The van der Waals surface area contributed by atoms with Crippen LogP contribution < -0.4 is 5.32 Å². The first-order chi connectivity index (χ1) is 9.74. The molecule has 20 heavy (non-hydrogen) atoms. The monoisotopic (exact) mass is 278 g/mol. The molecule has 1 saturated heterocycles. The average molecular weight is 278 g/mol. The molecule has 1 N–H and O–H groups in total. The number of ether oxygens (including phenoxy) is 2. The SMILES string of the molecule is CCOC(=O)c1ccc(NCC2CCOC2CC)nc1. The van der Waals surface area contributed by atoms with Gasteiger partial charge in [-0.25, -0.2) is 9.78 Å². The predicted molar refractivity (Wildman–Crippen MR) is 76.8 cm³/mol. The number of pyridine rings is 1. The number of hydrogen-bond acceptors (Lipinski definition) is 5. The fourth-order valence-electron chi connectivity index (χ4n) is 2.45. The molecular formula is C15H22N2O3. The Morgan fingerprint density at radius 1 is 1.50 bits per heavy atom. The number of aromatic nitrogens is 1. The molecule has 1 aromatic rings. The number of nitrogens with zero attached hydrogens (tertiary/aromatic N) is 1. The summed E-state index contributed by atoms with van der Waals surface area (Å²) < 4.78 is 10.6. The number of esters is 1. The molecule has 2 atom stereocenters. The summed E-state index contributed by atoms with van der Waals surface area (Å²) in [5, 5.41) is 3.31. The Hall–Kier alpha value is -1.62. The van der Waals surface area contributed by atoms with Gasteiger partial charge in [-0.3, -0.25) is 0 Å². The van der Waals surface area contributed by atoms with Crippen molar-refractivity contribution < 1.29 is 14.3 Å². The molecule has 0 amide bonds. The summed E-state index contributed by atoms with van der Waals surface area (Å²) in [7, 11) is 0. The van der Waals surface area contributed by atoms with Crippen molar-refractivity contribution in [3.05, 3.63) is 23.9 Å². The van der Waals surface area contributed by atoms with Gasteiger partial charge >= 0.3 is 5.97 Å². The maximum absolute atomic E-state index is 11.5. The molecule has 2 heterocycles. The molecule has 1 aromatic heterocycles. The first-order valence-electron chi connectivity index (χ1n) is 7.23. The van der Waals surface area contributed by atoms with Crippen LogP contribution in [0.1, 0.15) is 37.0 Å². The highest BCUT2D eigenvalue weighted by Crippen LogP contribution is 2.23. The second kappa shape index (κ2) is 7.24. The molecule has 0 bridgehead atoms. The fourth-order valence-corrected chi connectivity index (χ4v) is 2.45. The van der Waals surface area contributed by atoms with Gasteiger partial charge in [0.15, 0.2) is 0 Å². The number of nitrogens with one attached hydrogen (secondary N) is 1. The minimum atomic E-state index is -0.332. The van der Waals surface area contributed by atoms with Gasteiger partial charge in [0.25, 0.3) is 0 Å². The zero-order valence-corrected chi connectivity index (χ0v) is 12.1. The summed E-state index contributed by atoms with van der Waals surface area (Å²) in [5.41, 5.74) is 0.480. The normalized spacial score (nSPS) is 21.7. The molecule has 0 aromatic carbocycles. The van der Waals surface area contributed by atoms with E-state index in [9.17, 15) is 4.79 Å². The standard InChI is InChI=1S/C15H22N2O3/c1-3-13-11(7-8-20-13)9-16-14-6-5-12(10-17-14)15(18)19-4-2/h5-6,10-11,13H,3-4,7-9H2,1-2H3,(H,16,17). The van der Waals surface area contributed by atoms with Gasteiger partial charge in [-0.15, -0.1) is 0 Å². The van der Waals surface area contributed by atoms with Crippen LogP contribution in [0.4, 0.5) is 5.82 Å². The number of hydrogen-bond donors (Lipinski definition) is 1. The summed E-state index contributed by atoms with van der Waals surface area (Å²) >= 11 is 0. The molecule has 0 aliphatic carbocycles. The van der Waals surface area contributed by atoms with Gasteiger partial charge < -0.3 is 14.8 Å². The maximum Gasteiger partial charge on any atom is 0.339 e. The molecule has 0 radical (unpaired) electrons. The Morgan fingerprint density at radius 2 is 2.35 bits per heavy atom. The fraction of sp³-hybridized carbons (Fsp3) is 0.600. The molecule has 110 valence electrons. The summed E-state index contributed by atoms with van der Waals surface area (Å²) in [5.74, 6) is 0.980. The summed E-state index contributed by atoms with van der Waals surface area (Å²) in [6.07, 6.45) is 4.03. The van der Waals surface area contributed by atoms with Crippen molar-refractivity contribution >= 4 is 11.8 Å². The van der Waals surface area contributed by atoms with Crippen molar-refractivity contribution in [3.8, 4) is 0 Å². The van der Waals surface area contributed by atoms with Crippen molar-refractivity contribution in [2.45, 2.75) is 32.8 Å². The summed E-state index contributed by atoms with van der Waals surface area (Å²) in [4.78, 5) is 15.7. The third-order valence-corrected chi connectivity index (χ3v) is 3.57. The number of rotatable bonds is 6. The highest BCUT2D eigenvalue weighted by atomic mass is 16.5. The maximum atomic E-state index is 11.5. The van der Waals surface area contributed by atoms with Crippen LogP contribution in [0, 0.1) is 5.92 Å². The van der Waals surface area contributed by atoms with Crippen molar-refractivity contribution in [1.82, 2.24) is 4.98 Å². The first-order valence-corrected chi connectivity index (χ1v) is 7.23. The molecule has 2 rings (SSSR count). The van der Waals surface area contributed by atoms with Crippen LogP contribution in [0.3, 0.4) is 0 Å². The lowest BCUT2D eigenvalue weighted by Gasteiger charge is -2.17. The van der Waals surface area contributed by atoms with E-state index in [1.807, 2.05) is 6.07 Å². The molecule has 1 aliphatic heterocycles. The minimum absolute atomic E-state index is 0.332. The van der Waals surface area contributed by atoms with Gasteiger partial charge in [0.1, 0.15) is 5.82 Å². The summed E-state index contributed by atoms with van der Waals surface area (Å²) in [6.45, 7) is 6.01. The Kier molecular flexibility index (Phi) is 5.35. The van der Waals surface area contributed by atoms with E-state index in [1.54, 1.807) is 19.2 Å². The van der Waals surface area contributed by atoms with E-state index < -0.39 is 0 Å². The Labute approximate surface area is 119 Å². The van der Waals surface area contributed by atoms with Crippen LogP contribution in [0.5, 0.6) is 0 Å². The van der Waals surface area contributed by atoms with Crippen LogP contribution in [0.25, 0.3) is 0 Å². The highest BCUT2D eigenvalue weighted by Gasteiger charge is 2.26. The van der Waals surface area contributed by atoms with Crippen molar-refractivity contribution in [1.29, 1.82) is 0 Å². The highest BCUT2D eigenvalue weighted by molar-refractivity contribution is 5.89. The van der Waals surface area contributed by atoms with Crippen molar-refractivity contribution in [2.75, 3.05) is 25.1 Å². The van der Waals surface area contributed by atoms with Crippen LogP contribution >= 0.6 is 0 Å². The van der Waals surface area contributed by atoms with E-state index in [1.165, 1.54) is 0 Å². The first kappa shape index (κ1) is 14.8. The Morgan fingerprint density at radius 3 is 3.00 bits per heavy atom. The molecule has 0 spiro atoms. The molecule has 1 aliphatic rings. The molecular weight excluding hydrogens is 256 g/mol. The van der Waals surface area contributed by atoms with E-state index in [2.05, 4.69) is 17.2 Å². The van der Waals surface area contributed by atoms with Crippen LogP contribution in [-0.4, -0.2) is 36.8 Å². The lowest BCUT2D eigenvalue weighted by molar-refractivity contribution is 0.0526. The van der Waals surface area contributed by atoms with Crippen LogP contribution in [-0.2, 0) is 9.47 Å². The largest absolute Gasteiger partial charge is 0.462 e. The van der Waals surface area contributed by atoms with E-state index in [-0.39, 0.29) is 5.97 Å². The average Bonchev–Trinajstić information content (AvgIpc) is 2.93. The Balaban J connectivity index is 1.86. The van der Waals surface area contributed by atoms with E-state index >= 15 is 0 Å². The second-order valence-corrected chi connectivity index (χ2v) is 4.90. The third kappa shape index (κ3) is 3.70. The molecule has 0 saturated carbocycles. The third-order valence-electron chi connectivity index (χ3n) is 3.57. The predicted octanol–water partition coefficient (Wildman–Crippen LogP) is 2.49. The number of carbonyl (C=O) groups is 1. The topological polar surface area (TPSA) is 60.5 Å². The number of anilines is 1. The summed E-state index contributed by atoms with van der Waals surface area (Å²) in [6, 6.07) is 3.54. The van der Waals surface area contributed by atoms with Gasteiger partial charge in [-0.05, 0) is 31.9 Å². The minimum Gasteiger partial charge on any atom is -0.462 e. The van der Waals surface area contributed by atoms with Crippen LogP contribution in [0.15, 0.2) is 18.3 Å². The molecule has 1 fully saturated rings. The lowest BCUT2D eigenvalue weighted by Crippen LogP contribution is -2.23. The van der Waals surface area contributed by atoms with E-state index in [0.29, 0.717) is 24.2 Å². The Bertz CT molecular complexity index is 433. The smallest absolute Gasteiger partial charge is 0.339 e. The van der Waals surface area contributed by atoms with Gasteiger partial charge in [0.05, 0.1) is 18.3 Å². The van der Waals surface area contributed by atoms with Crippen molar-refractivity contribution in [2.24, 2.45) is 5.92 Å². The number of carbonyl (C=O) groups excluding carboxylic acids is 1. The molecule has 5 heteroatoms. The van der Waals surface area contributed by atoms with Crippen molar-refractivity contribution in [3.63, 3.8) is 0 Å². The quantitative estimate of drug-likeness (QED) is 0.810. The van der Waals surface area contributed by atoms with E-state index in [4.69, 9.17) is 9.47 Å². The lowest BCUT2D eigenvalue weighted by atomic mass is 10.00. The molecule has 2 unspecified atom stereocenters. The van der Waals surface area contributed by atoms with Gasteiger partial charge in [0, 0.05) is 25.3 Å². The molecule has 5 nitrogen and oxygen atoms in total. The van der Waals surface area contributed by atoms with Gasteiger partial charge in [0.2, 0.25) is 0 Å². The zero-order valence-electron chi connectivity index (χ0n) is 12.1.